The summed E-state index contributed by atoms with van der Waals surface area (Å²) >= 11 is 0. The minimum absolute atomic E-state index is 0.247. The molecule has 1 atom stereocenters. The van der Waals surface area contributed by atoms with Crippen molar-refractivity contribution in [3.63, 3.8) is 0 Å². The maximum atomic E-state index is 13.1. The number of benzene rings is 2. The summed E-state index contributed by atoms with van der Waals surface area (Å²) < 4.78 is 39.4. The lowest BCUT2D eigenvalue weighted by Gasteiger charge is -2.26. The van der Waals surface area contributed by atoms with Gasteiger partial charge < -0.3 is 5.32 Å². The molecule has 1 aliphatic heterocycles. The van der Waals surface area contributed by atoms with Gasteiger partial charge in [0, 0.05) is 0 Å². The molecule has 102 valence electrons. The molecule has 2 aromatic rings. The number of hydrogen-bond acceptors (Lipinski definition) is 1. The zero-order valence-electron chi connectivity index (χ0n) is 10.5. The molecule has 0 aromatic heterocycles. The van der Waals surface area contributed by atoms with Crippen LogP contribution in [0.25, 0.3) is 6.08 Å². The Bertz CT molecular complexity index is 659. The molecule has 3 rings (SSSR count). The van der Waals surface area contributed by atoms with Gasteiger partial charge in [-0.25, -0.2) is 0 Å². The smallest absolute Gasteiger partial charge is 0.380 e. The second-order valence-electron chi connectivity index (χ2n) is 4.65. The van der Waals surface area contributed by atoms with Crippen LogP contribution >= 0.6 is 0 Å². The molecule has 1 unspecified atom stereocenters. The van der Waals surface area contributed by atoms with Crippen LogP contribution in [0, 0.1) is 0 Å². The van der Waals surface area contributed by atoms with Crippen LogP contribution in [0.1, 0.15) is 28.3 Å². The Morgan fingerprint density at radius 2 is 1.50 bits per heavy atom. The lowest BCUT2D eigenvalue weighted by atomic mass is 9.89. The van der Waals surface area contributed by atoms with Crippen LogP contribution in [0.4, 0.5) is 13.2 Å². The third-order valence-electron chi connectivity index (χ3n) is 3.41. The second-order valence-corrected chi connectivity index (χ2v) is 4.65. The maximum absolute atomic E-state index is 13.1. The van der Waals surface area contributed by atoms with Crippen molar-refractivity contribution in [1.82, 2.24) is 5.32 Å². The molecule has 1 N–H and O–H groups in total. The number of nitrogens with one attached hydrogen (secondary N) is 1. The fraction of sp³-hybridized carbons (Fsp3) is 0.125. The lowest BCUT2D eigenvalue weighted by Crippen LogP contribution is -2.24. The highest BCUT2D eigenvalue weighted by Crippen LogP contribution is 2.38. The van der Waals surface area contributed by atoms with Gasteiger partial charge in [-0.05, 0) is 35.0 Å². The SMILES string of the molecule is FC(F)(F)c1ccccc1C1NC=Cc2ccccc21. The van der Waals surface area contributed by atoms with Crippen molar-refractivity contribution in [1.29, 1.82) is 0 Å². The van der Waals surface area contributed by atoms with Crippen LogP contribution in [0.2, 0.25) is 0 Å². The maximum Gasteiger partial charge on any atom is 0.416 e. The molecule has 20 heavy (non-hydrogen) atoms. The molecule has 0 aliphatic carbocycles. The first-order chi connectivity index (χ1) is 9.57. The third-order valence-corrected chi connectivity index (χ3v) is 3.41. The highest BCUT2D eigenvalue weighted by atomic mass is 19.4. The fourth-order valence-corrected chi connectivity index (χ4v) is 2.51. The van der Waals surface area contributed by atoms with E-state index in [-0.39, 0.29) is 5.56 Å². The lowest BCUT2D eigenvalue weighted by molar-refractivity contribution is -0.138. The van der Waals surface area contributed by atoms with Gasteiger partial charge in [-0.1, -0.05) is 42.5 Å². The van der Waals surface area contributed by atoms with Crippen molar-refractivity contribution in [2.75, 3.05) is 0 Å². The van der Waals surface area contributed by atoms with E-state index in [4.69, 9.17) is 0 Å². The summed E-state index contributed by atoms with van der Waals surface area (Å²) in [5.41, 5.74) is 1.44. The summed E-state index contributed by atoms with van der Waals surface area (Å²) in [6.07, 6.45) is -0.795. The number of alkyl halides is 3. The molecule has 0 saturated carbocycles. The van der Waals surface area contributed by atoms with E-state index < -0.39 is 17.8 Å². The fourth-order valence-electron chi connectivity index (χ4n) is 2.51. The number of hydrogen-bond donors (Lipinski definition) is 1. The third kappa shape index (κ3) is 2.18. The van der Waals surface area contributed by atoms with Gasteiger partial charge in [0.1, 0.15) is 0 Å². The number of halogens is 3. The average molecular weight is 275 g/mol. The molecule has 0 radical (unpaired) electrons. The minimum atomic E-state index is -4.35. The Morgan fingerprint density at radius 3 is 2.25 bits per heavy atom. The molecular weight excluding hydrogens is 263 g/mol. The highest BCUT2D eigenvalue weighted by molar-refractivity contribution is 5.59. The molecule has 1 nitrogen and oxygen atoms in total. The van der Waals surface area contributed by atoms with Gasteiger partial charge in [-0.15, -0.1) is 0 Å². The standard InChI is InChI=1S/C16H12F3N/c17-16(18,19)14-8-4-3-7-13(14)15-12-6-2-1-5-11(12)9-10-20-15/h1-10,15,20H. The van der Waals surface area contributed by atoms with E-state index in [1.165, 1.54) is 12.1 Å². The molecule has 1 aliphatic rings. The summed E-state index contributed by atoms with van der Waals surface area (Å²) in [6.45, 7) is 0. The molecule has 2 aromatic carbocycles. The number of rotatable bonds is 1. The molecule has 0 saturated heterocycles. The van der Waals surface area contributed by atoms with E-state index in [0.29, 0.717) is 0 Å². The van der Waals surface area contributed by atoms with Crippen LogP contribution in [0.15, 0.2) is 54.7 Å². The topological polar surface area (TPSA) is 12.0 Å². The molecule has 4 heteroatoms. The van der Waals surface area contributed by atoms with Gasteiger partial charge >= 0.3 is 6.18 Å². The highest BCUT2D eigenvalue weighted by Gasteiger charge is 2.35. The second kappa shape index (κ2) is 4.71. The van der Waals surface area contributed by atoms with Gasteiger partial charge in [0.05, 0.1) is 11.6 Å². The van der Waals surface area contributed by atoms with Gasteiger partial charge in [-0.2, -0.15) is 13.2 Å². The molecule has 0 spiro atoms. The average Bonchev–Trinajstić information content (AvgIpc) is 2.46. The van der Waals surface area contributed by atoms with Gasteiger partial charge in [0.25, 0.3) is 0 Å². The monoisotopic (exact) mass is 275 g/mol. The normalized spacial score (nSPS) is 17.4. The van der Waals surface area contributed by atoms with E-state index in [0.717, 1.165) is 17.2 Å². The van der Waals surface area contributed by atoms with Crippen LogP contribution in [-0.2, 0) is 6.18 Å². The first-order valence-electron chi connectivity index (χ1n) is 6.25. The van der Waals surface area contributed by atoms with Gasteiger partial charge in [0.15, 0.2) is 0 Å². The summed E-state index contributed by atoms with van der Waals surface area (Å²) in [5, 5.41) is 3.02. The summed E-state index contributed by atoms with van der Waals surface area (Å²) in [4.78, 5) is 0. The predicted molar refractivity (Wildman–Crippen MR) is 71.9 cm³/mol. The molecule has 0 bridgehead atoms. The van der Waals surface area contributed by atoms with Crippen LogP contribution < -0.4 is 5.32 Å². The Balaban J connectivity index is 2.14. The van der Waals surface area contributed by atoms with Crippen molar-refractivity contribution < 1.29 is 13.2 Å². The van der Waals surface area contributed by atoms with Crippen LogP contribution in [0.5, 0.6) is 0 Å². The summed E-state index contributed by atoms with van der Waals surface area (Å²) in [6, 6.07) is 12.7. The van der Waals surface area contributed by atoms with Crippen molar-refractivity contribution in [3.8, 4) is 0 Å². The molecule has 0 fully saturated rings. The van der Waals surface area contributed by atoms with Crippen LogP contribution in [-0.4, -0.2) is 0 Å². The van der Waals surface area contributed by atoms with E-state index in [1.807, 2.05) is 30.3 Å². The van der Waals surface area contributed by atoms with Crippen molar-refractivity contribution in [2.24, 2.45) is 0 Å². The first-order valence-corrected chi connectivity index (χ1v) is 6.25. The summed E-state index contributed by atoms with van der Waals surface area (Å²) in [7, 11) is 0. The van der Waals surface area contributed by atoms with Gasteiger partial charge in [0.2, 0.25) is 0 Å². The van der Waals surface area contributed by atoms with E-state index >= 15 is 0 Å². The van der Waals surface area contributed by atoms with E-state index in [9.17, 15) is 13.2 Å². The molecule has 1 heterocycles. The van der Waals surface area contributed by atoms with Gasteiger partial charge in [-0.3, -0.25) is 0 Å². The zero-order valence-corrected chi connectivity index (χ0v) is 10.5. The molecular formula is C16H12F3N. The summed E-state index contributed by atoms with van der Waals surface area (Å²) in [5.74, 6) is 0. The Morgan fingerprint density at radius 1 is 0.850 bits per heavy atom. The van der Waals surface area contributed by atoms with Crippen LogP contribution in [0.3, 0.4) is 0 Å². The Kier molecular flexibility index (Phi) is 3.01. The molecule has 0 amide bonds. The van der Waals surface area contributed by atoms with Crippen molar-refractivity contribution in [2.45, 2.75) is 12.2 Å². The minimum Gasteiger partial charge on any atom is -0.380 e. The van der Waals surface area contributed by atoms with Crippen molar-refractivity contribution >= 4 is 6.08 Å². The first kappa shape index (κ1) is 12.8. The predicted octanol–water partition coefficient (Wildman–Crippen LogP) is 4.37. The largest absolute Gasteiger partial charge is 0.416 e. The zero-order chi connectivity index (χ0) is 14.2. The van der Waals surface area contributed by atoms with E-state index in [2.05, 4.69) is 5.32 Å². The van der Waals surface area contributed by atoms with Crippen molar-refractivity contribution in [3.05, 3.63) is 77.0 Å². The quantitative estimate of drug-likeness (QED) is 0.815. The Hall–Kier alpha value is -2.23. The number of fused-ring (bicyclic) bond motifs is 1. The van der Waals surface area contributed by atoms with E-state index in [1.54, 1.807) is 12.3 Å². The Labute approximate surface area is 114 Å².